The van der Waals surface area contributed by atoms with E-state index in [1.165, 1.54) is 0 Å². The van der Waals surface area contributed by atoms with Crippen molar-refractivity contribution in [3.05, 3.63) is 0 Å². The largest absolute Gasteiger partial charge is 0.392 e. The molecule has 0 amide bonds. The first-order chi connectivity index (χ1) is 5.29. The topological polar surface area (TPSA) is 46.2 Å². The minimum absolute atomic E-state index is 0.103. The van der Waals surface area contributed by atoms with Crippen LogP contribution in [0.25, 0.3) is 0 Å². The average molecular weight is 175 g/mol. The maximum absolute atomic E-state index is 9.70. The lowest BCUT2D eigenvalue weighted by Gasteiger charge is -2.16. The van der Waals surface area contributed by atoms with Crippen molar-refractivity contribution in [3.8, 4) is 0 Å². The Kier molecular flexibility index (Phi) is 3.69. The van der Waals surface area contributed by atoms with Crippen LogP contribution >= 0.6 is 11.8 Å². The Morgan fingerprint density at radius 1 is 1.55 bits per heavy atom. The summed E-state index contributed by atoms with van der Waals surface area (Å²) in [5, 5.41) is 10.2. The number of hydrogen-bond acceptors (Lipinski definition) is 3. The van der Waals surface area contributed by atoms with E-state index in [1.54, 1.807) is 11.8 Å². The smallest absolute Gasteiger partial charge is 0.0687 e. The highest BCUT2D eigenvalue weighted by Gasteiger charge is 2.33. The Bertz CT molecular complexity index is 121. The summed E-state index contributed by atoms with van der Waals surface area (Å²) in [6.07, 6.45) is 5.27. The number of aliphatic hydroxyl groups is 1. The molecule has 0 bridgehead atoms. The first-order valence-electron chi connectivity index (χ1n) is 4.20. The summed E-state index contributed by atoms with van der Waals surface area (Å²) in [5.74, 6) is 0.470. The van der Waals surface area contributed by atoms with Crippen molar-refractivity contribution in [3.63, 3.8) is 0 Å². The van der Waals surface area contributed by atoms with E-state index < -0.39 is 0 Å². The van der Waals surface area contributed by atoms with Gasteiger partial charge in [0.25, 0.3) is 0 Å². The maximum Gasteiger partial charge on any atom is 0.0687 e. The molecule has 66 valence electrons. The molecule has 0 heterocycles. The van der Waals surface area contributed by atoms with Crippen molar-refractivity contribution in [2.75, 3.05) is 12.8 Å². The van der Waals surface area contributed by atoms with Gasteiger partial charge in [-0.3, -0.25) is 0 Å². The normalized spacial score (nSPS) is 37.9. The van der Waals surface area contributed by atoms with E-state index in [1.807, 2.05) is 0 Å². The van der Waals surface area contributed by atoms with E-state index >= 15 is 0 Å². The SMILES string of the molecule is CS[C@@H]1CC[C@@H](CCN)[C@H]1O. The van der Waals surface area contributed by atoms with Gasteiger partial charge in [-0.2, -0.15) is 11.8 Å². The molecule has 3 heteroatoms. The van der Waals surface area contributed by atoms with Gasteiger partial charge in [0.15, 0.2) is 0 Å². The lowest BCUT2D eigenvalue weighted by molar-refractivity contribution is 0.133. The molecular formula is C8H17NOS. The third-order valence-corrected chi connectivity index (χ3v) is 3.65. The molecule has 0 saturated heterocycles. The third-order valence-electron chi connectivity index (χ3n) is 2.53. The highest BCUT2D eigenvalue weighted by Crippen LogP contribution is 2.34. The average Bonchev–Trinajstić information content (AvgIpc) is 2.34. The minimum Gasteiger partial charge on any atom is -0.392 e. The summed E-state index contributed by atoms with van der Waals surface area (Å²) in [6, 6.07) is 0. The van der Waals surface area contributed by atoms with Crippen molar-refractivity contribution in [2.24, 2.45) is 11.7 Å². The summed E-state index contributed by atoms with van der Waals surface area (Å²) in [5.41, 5.74) is 5.44. The lowest BCUT2D eigenvalue weighted by Crippen LogP contribution is -2.24. The van der Waals surface area contributed by atoms with Crippen LogP contribution in [0.5, 0.6) is 0 Å². The first kappa shape index (κ1) is 9.36. The van der Waals surface area contributed by atoms with Crippen molar-refractivity contribution < 1.29 is 5.11 Å². The molecule has 0 unspecified atom stereocenters. The monoisotopic (exact) mass is 175 g/mol. The summed E-state index contributed by atoms with van der Waals surface area (Å²) >= 11 is 1.78. The molecule has 1 rings (SSSR count). The molecule has 11 heavy (non-hydrogen) atoms. The van der Waals surface area contributed by atoms with Crippen LogP contribution in [0.2, 0.25) is 0 Å². The van der Waals surface area contributed by atoms with Gasteiger partial charge >= 0.3 is 0 Å². The Balaban J connectivity index is 2.35. The highest BCUT2D eigenvalue weighted by molar-refractivity contribution is 7.99. The van der Waals surface area contributed by atoms with Crippen LogP contribution in [0, 0.1) is 5.92 Å². The Hall–Kier alpha value is 0.270. The van der Waals surface area contributed by atoms with Gasteiger partial charge in [0.1, 0.15) is 0 Å². The Morgan fingerprint density at radius 3 is 2.73 bits per heavy atom. The van der Waals surface area contributed by atoms with Crippen molar-refractivity contribution >= 4 is 11.8 Å². The van der Waals surface area contributed by atoms with E-state index in [2.05, 4.69) is 6.26 Å². The fraction of sp³-hybridized carbons (Fsp3) is 1.00. The minimum atomic E-state index is -0.103. The van der Waals surface area contributed by atoms with Crippen LogP contribution in [-0.4, -0.2) is 29.3 Å². The second-order valence-corrected chi connectivity index (χ2v) is 4.26. The molecule has 0 radical (unpaired) electrons. The zero-order valence-electron chi connectivity index (χ0n) is 6.99. The summed E-state index contributed by atoms with van der Waals surface area (Å²) in [7, 11) is 0. The summed E-state index contributed by atoms with van der Waals surface area (Å²) in [4.78, 5) is 0. The fourth-order valence-corrected chi connectivity index (χ4v) is 2.68. The molecule has 0 aromatic carbocycles. The predicted molar refractivity (Wildman–Crippen MR) is 49.7 cm³/mol. The van der Waals surface area contributed by atoms with E-state index in [-0.39, 0.29) is 6.10 Å². The fourth-order valence-electron chi connectivity index (χ4n) is 1.81. The highest BCUT2D eigenvalue weighted by atomic mass is 32.2. The molecule has 2 nitrogen and oxygen atoms in total. The number of aliphatic hydroxyl groups excluding tert-OH is 1. The standard InChI is InChI=1S/C8H17NOS/c1-11-7-3-2-6(4-5-9)8(7)10/h6-8,10H,2-5,9H2,1H3/t6-,7+,8+/m0/s1. The van der Waals surface area contributed by atoms with Crippen LogP contribution in [0.15, 0.2) is 0 Å². The number of hydrogen-bond donors (Lipinski definition) is 2. The van der Waals surface area contributed by atoms with Crippen molar-refractivity contribution in [1.29, 1.82) is 0 Å². The second-order valence-electron chi connectivity index (χ2n) is 3.18. The molecule has 1 saturated carbocycles. The first-order valence-corrected chi connectivity index (χ1v) is 5.49. The zero-order valence-corrected chi connectivity index (χ0v) is 7.81. The van der Waals surface area contributed by atoms with E-state index in [4.69, 9.17) is 5.73 Å². The van der Waals surface area contributed by atoms with E-state index in [0.717, 1.165) is 19.3 Å². The van der Waals surface area contributed by atoms with Gasteiger partial charge in [0.2, 0.25) is 0 Å². The quantitative estimate of drug-likeness (QED) is 0.668. The molecule has 0 aromatic heterocycles. The van der Waals surface area contributed by atoms with E-state index in [9.17, 15) is 5.11 Å². The summed E-state index contributed by atoms with van der Waals surface area (Å²) < 4.78 is 0. The molecule has 3 atom stereocenters. The zero-order chi connectivity index (χ0) is 8.27. The predicted octanol–water partition coefficient (Wildman–Crippen LogP) is 0.838. The number of rotatable bonds is 3. The molecule has 3 N–H and O–H groups in total. The maximum atomic E-state index is 9.70. The number of thioether (sulfide) groups is 1. The van der Waals surface area contributed by atoms with Crippen LogP contribution < -0.4 is 5.73 Å². The molecule has 0 aliphatic heterocycles. The van der Waals surface area contributed by atoms with Crippen LogP contribution in [-0.2, 0) is 0 Å². The van der Waals surface area contributed by atoms with E-state index in [0.29, 0.717) is 17.7 Å². The molecular weight excluding hydrogens is 158 g/mol. The van der Waals surface area contributed by atoms with Gasteiger partial charge in [-0.05, 0) is 38.0 Å². The van der Waals surface area contributed by atoms with Gasteiger partial charge < -0.3 is 10.8 Å². The van der Waals surface area contributed by atoms with Crippen LogP contribution in [0.1, 0.15) is 19.3 Å². The van der Waals surface area contributed by atoms with Gasteiger partial charge in [-0.1, -0.05) is 0 Å². The molecule has 1 aliphatic rings. The molecule has 0 aromatic rings. The van der Waals surface area contributed by atoms with Gasteiger partial charge in [-0.15, -0.1) is 0 Å². The molecule has 1 fully saturated rings. The third kappa shape index (κ3) is 2.10. The van der Waals surface area contributed by atoms with Gasteiger partial charge in [0, 0.05) is 5.25 Å². The van der Waals surface area contributed by atoms with Crippen LogP contribution in [0.3, 0.4) is 0 Å². The Labute approximate surface area is 72.5 Å². The Morgan fingerprint density at radius 2 is 2.27 bits per heavy atom. The summed E-state index contributed by atoms with van der Waals surface area (Å²) in [6.45, 7) is 0.711. The van der Waals surface area contributed by atoms with Gasteiger partial charge in [0.05, 0.1) is 6.10 Å². The van der Waals surface area contributed by atoms with Crippen molar-refractivity contribution in [1.82, 2.24) is 0 Å². The number of nitrogens with two attached hydrogens (primary N) is 1. The van der Waals surface area contributed by atoms with Gasteiger partial charge in [-0.25, -0.2) is 0 Å². The molecule has 1 aliphatic carbocycles. The van der Waals surface area contributed by atoms with Crippen LogP contribution in [0.4, 0.5) is 0 Å². The molecule has 0 spiro atoms. The lowest BCUT2D eigenvalue weighted by atomic mass is 10.0. The van der Waals surface area contributed by atoms with Crippen molar-refractivity contribution in [2.45, 2.75) is 30.6 Å². The second kappa shape index (κ2) is 4.33.